The summed E-state index contributed by atoms with van der Waals surface area (Å²) in [5.41, 5.74) is 0. The van der Waals surface area contributed by atoms with Gasteiger partial charge in [-0.1, -0.05) is 0 Å². The van der Waals surface area contributed by atoms with Gasteiger partial charge < -0.3 is 84.6 Å². The second-order valence-corrected chi connectivity index (χ2v) is 11.6. The fourth-order valence-corrected chi connectivity index (χ4v) is 5.72. The van der Waals surface area contributed by atoms with Crippen LogP contribution >= 0.6 is 0 Å². The van der Waals surface area contributed by atoms with Crippen molar-refractivity contribution < 1.29 is 83.6 Å². The van der Waals surface area contributed by atoms with E-state index in [2.05, 4.69) is 10.6 Å². The highest BCUT2D eigenvalue weighted by molar-refractivity contribution is 5.73. The first-order valence-electron chi connectivity index (χ1n) is 15.2. The van der Waals surface area contributed by atoms with E-state index in [0.29, 0.717) is 5.75 Å². The smallest absolute Gasteiger partial charge is 0.229 e. The van der Waals surface area contributed by atoms with Gasteiger partial charge >= 0.3 is 0 Å². The van der Waals surface area contributed by atoms with E-state index < -0.39 is 124 Å². The molecule has 1 aromatic rings. The van der Waals surface area contributed by atoms with E-state index in [9.17, 15) is 50.4 Å². The summed E-state index contributed by atoms with van der Waals surface area (Å²) < 4.78 is 40.5. The Hall–Kier alpha value is -2.76. The van der Waals surface area contributed by atoms with Crippen LogP contribution in [-0.4, -0.2) is 172 Å². The SMILES string of the molecule is COc1ccc(OC2OC(CO)C(OC3OC(CO)C(O)C(O)C3NC(C)=O)C(O)C2OC2OC(CO)C(O)C(O)C2NC(C)=O)cc1. The molecule has 19 heteroatoms. The third-order valence-corrected chi connectivity index (χ3v) is 8.19. The van der Waals surface area contributed by atoms with Gasteiger partial charge in [-0.15, -0.1) is 0 Å². The van der Waals surface area contributed by atoms with Crippen LogP contribution < -0.4 is 20.1 Å². The molecule has 0 spiro atoms. The van der Waals surface area contributed by atoms with Crippen molar-refractivity contribution in [2.45, 2.75) is 106 Å². The van der Waals surface area contributed by atoms with Crippen molar-refractivity contribution in [2.24, 2.45) is 0 Å². The van der Waals surface area contributed by atoms with Gasteiger partial charge in [-0.25, -0.2) is 0 Å². The highest BCUT2D eigenvalue weighted by Crippen LogP contribution is 2.34. The van der Waals surface area contributed by atoms with Crippen LogP contribution in [0.5, 0.6) is 11.5 Å². The monoisotopic (exact) mass is 692 g/mol. The van der Waals surface area contributed by atoms with Gasteiger partial charge in [0.25, 0.3) is 0 Å². The van der Waals surface area contributed by atoms with Gasteiger partial charge in [-0.2, -0.15) is 0 Å². The number of nitrogens with one attached hydrogen (secondary N) is 2. The quantitative estimate of drug-likeness (QED) is 0.0980. The lowest BCUT2D eigenvalue weighted by atomic mass is 9.94. The predicted molar refractivity (Wildman–Crippen MR) is 156 cm³/mol. The molecule has 19 nitrogen and oxygen atoms in total. The number of rotatable bonds is 12. The van der Waals surface area contributed by atoms with Crippen LogP contribution in [-0.2, 0) is 33.3 Å². The number of aliphatic hydroxyl groups excluding tert-OH is 8. The van der Waals surface area contributed by atoms with Crippen molar-refractivity contribution in [1.29, 1.82) is 0 Å². The van der Waals surface area contributed by atoms with Crippen LogP contribution in [0.4, 0.5) is 0 Å². The van der Waals surface area contributed by atoms with E-state index in [-0.39, 0.29) is 5.75 Å². The van der Waals surface area contributed by atoms with Gasteiger partial charge in [0.2, 0.25) is 18.1 Å². The fourth-order valence-electron chi connectivity index (χ4n) is 5.72. The number of carbonyl (C=O) groups excluding carboxylic acids is 2. The molecule has 4 rings (SSSR count). The van der Waals surface area contributed by atoms with Crippen molar-refractivity contribution in [3.63, 3.8) is 0 Å². The van der Waals surface area contributed by atoms with E-state index in [0.717, 1.165) is 13.8 Å². The normalized spacial score (nSPS) is 40.1. The molecule has 3 saturated heterocycles. The zero-order valence-electron chi connectivity index (χ0n) is 26.3. The van der Waals surface area contributed by atoms with Crippen molar-refractivity contribution >= 4 is 11.8 Å². The molecular formula is C29H44N2O17. The summed E-state index contributed by atoms with van der Waals surface area (Å²) in [5, 5.41) is 88.8. The van der Waals surface area contributed by atoms with Crippen molar-refractivity contribution in [3.8, 4) is 11.5 Å². The summed E-state index contributed by atoms with van der Waals surface area (Å²) >= 11 is 0. The van der Waals surface area contributed by atoms with Gasteiger partial charge in [-0.3, -0.25) is 9.59 Å². The van der Waals surface area contributed by atoms with Gasteiger partial charge in [0.05, 0.1) is 26.9 Å². The van der Waals surface area contributed by atoms with Gasteiger partial charge in [0, 0.05) is 13.8 Å². The number of benzene rings is 1. The lowest BCUT2D eigenvalue weighted by Gasteiger charge is -2.49. The zero-order valence-corrected chi connectivity index (χ0v) is 26.3. The topological polar surface area (TPSA) is 285 Å². The first-order valence-corrected chi connectivity index (χ1v) is 15.2. The highest BCUT2D eigenvalue weighted by atomic mass is 16.8. The lowest BCUT2D eigenvalue weighted by Crippen LogP contribution is -2.69. The molecule has 0 radical (unpaired) electrons. The second-order valence-electron chi connectivity index (χ2n) is 11.6. The van der Waals surface area contributed by atoms with E-state index in [1.54, 1.807) is 12.1 Å². The van der Waals surface area contributed by atoms with Gasteiger partial charge in [0.15, 0.2) is 18.7 Å². The van der Waals surface area contributed by atoms with Crippen LogP contribution in [0.15, 0.2) is 24.3 Å². The molecule has 48 heavy (non-hydrogen) atoms. The number of amides is 2. The minimum atomic E-state index is -1.84. The third-order valence-electron chi connectivity index (χ3n) is 8.19. The third kappa shape index (κ3) is 8.51. The Morgan fingerprint density at radius 1 is 0.625 bits per heavy atom. The summed E-state index contributed by atoms with van der Waals surface area (Å²) in [6, 6.07) is 3.30. The van der Waals surface area contributed by atoms with Crippen molar-refractivity contribution in [2.75, 3.05) is 26.9 Å². The maximum Gasteiger partial charge on any atom is 0.229 e. The van der Waals surface area contributed by atoms with Crippen LogP contribution in [0.1, 0.15) is 13.8 Å². The number of carbonyl (C=O) groups is 2. The molecule has 2 amide bonds. The summed E-state index contributed by atoms with van der Waals surface area (Å²) in [5.74, 6) is -0.602. The van der Waals surface area contributed by atoms with Crippen molar-refractivity contribution in [3.05, 3.63) is 24.3 Å². The maximum absolute atomic E-state index is 12.0. The van der Waals surface area contributed by atoms with Crippen LogP contribution in [0.25, 0.3) is 0 Å². The molecular weight excluding hydrogens is 648 g/mol. The number of ether oxygens (including phenoxy) is 7. The van der Waals surface area contributed by atoms with Gasteiger partial charge in [0.1, 0.15) is 78.5 Å². The average molecular weight is 693 g/mol. The molecule has 10 N–H and O–H groups in total. The Morgan fingerprint density at radius 3 is 1.46 bits per heavy atom. The number of hydrogen-bond acceptors (Lipinski definition) is 17. The van der Waals surface area contributed by atoms with E-state index in [1.807, 2.05) is 0 Å². The first kappa shape index (κ1) is 38.0. The molecule has 0 bridgehead atoms. The minimum Gasteiger partial charge on any atom is -0.497 e. The summed E-state index contributed by atoms with van der Waals surface area (Å²) in [6.45, 7) is -0.0311. The Labute approximate surface area is 274 Å². The molecule has 0 saturated carbocycles. The molecule has 0 aromatic heterocycles. The summed E-state index contributed by atoms with van der Waals surface area (Å²) in [6.07, 6.45) is -20.7. The molecule has 3 aliphatic heterocycles. The average Bonchev–Trinajstić information content (AvgIpc) is 3.06. The zero-order chi connectivity index (χ0) is 35.3. The Balaban J connectivity index is 1.69. The first-order chi connectivity index (χ1) is 22.8. The van der Waals surface area contributed by atoms with E-state index >= 15 is 0 Å². The predicted octanol–water partition coefficient (Wildman–Crippen LogP) is -5.19. The largest absolute Gasteiger partial charge is 0.497 e. The molecule has 0 aliphatic carbocycles. The highest BCUT2D eigenvalue weighted by Gasteiger charge is 2.55. The van der Waals surface area contributed by atoms with Crippen molar-refractivity contribution in [1.82, 2.24) is 10.6 Å². The van der Waals surface area contributed by atoms with Gasteiger partial charge in [-0.05, 0) is 24.3 Å². The lowest BCUT2D eigenvalue weighted by molar-refractivity contribution is -0.365. The molecule has 1 aromatic carbocycles. The molecule has 15 atom stereocenters. The van der Waals surface area contributed by atoms with Crippen LogP contribution in [0, 0.1) is 0 Å². The number of aliphatic hydroxyl groups is 8. The molecule has 3 heterocycles. The summed E-state index contributed by atoms with van der Waals surface area (Å²) in [4.78, 5) is 24.0. The Kier molecular flexibility index (Phi) is 13.3. The van der Waals surface area contributed by atoms with E-state index in [4.69, 9.17) is 33.2 Å². The Morgan fingerprint density at radius 2 is 1.04 bits per heavy atom. The summed E-state index contributed by atoms with van der Waals surface area (Å²) in [7, 11) is 1.46. The molecule has 3 aliphatic rings. The van der Waals surface area contributed by atoms with Crippen LogP contribution in [0.2, 0.25) is 0 Å². The molecule has 15 unspecified atom stereocenters. The number of methoxy groups -OCH3 is 1. The fraction of sp³-hybridized carbons (Fsp3) is 0.724. The molecule has 272 valence electrons. The molecule has 3 fully saturated rings. The Bertz CT molecular complexity index is 1190. The standard InChI is InChI=1S/C29H44N2O17/c1-11(35)30-18-22(39)20(37)15(8-32)44-27(18)47-25-17(10-34)46-29(43-14-6-4-13(42-3)5-7-14)26(24(25)41)48-28-19(31-12(2)36)23(40)21(38)16(9-33)45-28/h4-7,15-29,32-34,37-41H,8-10H2,1-3H3,(H,30,35)(H,31,36). The second kappa shape index (κ2) is 16.8. The maximum atomic E-state index is 12.0. The minimum absolute atomic E-state index is 0.188. The number of hydrogen-bond donors (Lipinski definition) is 10. The van der Waals surface area contributed by atoms with E-state index in [1.165, 1.54) is 19.2 Å². The van der Waals surface area contributed by atoms with Crippen LogP contribution in [0.3, 0.4) is 0 Å².